The Balaban J connectivity index is 3.31. The molecule has 0 aliphatic heterocycles. The molecule has 0 fully saturated rings. The molecule has 0 saturated heterocycles. The van der Waals surface area contributed by atoms with E-state index in [9.17, 15) is 24.8 Å². The van der Waals surface area contributed by atoms with Crippen molar-refractivity contribution in [3.8, 4) is 0 Å². The topological polar surface area (TPSA) is 131 Å². The third-order valence-electron chi connectivity index (χ3n) is 4.41. The molecule has 29 heavy (non-hydrogen) atoms. The third-order valence-corrected chi connectivity index (χ3v) is 7.03. The van der Waals surface area contributed by atoms with Crippen molar-refractivity contribution < 1.29 is 28.4 Å². The highest BCUT2D eigenvalue weighted by atomic mass is 31.2. The molecule has 1 rings (SSSR count). The molecular weight excluding hydrogens is 403 g/mol. The minimum absolute atomic E-state index is 0.102. The van der Waals surface area contributed by atoms with Crippen molar-refractivity contribution in [1.82, 2.24) is 0 Å². The van der Waals surface area contributed by atoms with Crippen molar-refractivity contribution in [3.05, 3.63) is 49.6 Å². The molecule has 0 radical (unpaired) electrons. The first-order valence-electron chi connectivity index (χ1n) is 9.42. The summed E-state index contributed by atoms with van der Waals surface area (Å²) in [6.45, 7) is 8.31. The van der Waals surface area contributed by atoms with Gasteiger partial charge < -0.3 is 9.47 Å². The minimum Gasteiger partial charge on any atom is -0.328 e. The van der Waals surface area contributed by atoms with E-state index in [0.717, 1.165) is 0 Å². The second-order valence-electron chi connectivity index (χ2n) is 6.64. The van der Waals surface area contributed by atoms with Gasteiger partial charge in [-0.1, -0.05) is 13.0 Å². The van der Waals surface area contributed by atoms with E-state index in [0.29, 0.717) is 11.1 Å². The van der Waals surface area contributed by atoms with E-state index in [1.165, 1.54) is 25.1 Å². The minimum atomic E-state index is -3.44. The molecule has 0 bridgehead atoms. The molecule has 0 aromatic heterocycles. The van der Waals surface area contributed by atoms with Crippen LogP contribution < -0.4 is 0 Å². The number of aryl methyl sites for hydroxylation is 1. The average molecular weight is 432 g/mol. The molecule has 0 heterocycles. The summed E-state index contributed by atoms with van der Waals surface area (Å²) in [5.41, 5.74) is 0.866. The zero-order chi connectivity index (χ0) is 22.2. The zero-order valence-corrected chi connectivity index (χ0v) is 18.3. The Bertz CT molecular complexity index is 764. The number of rotatable bonds is 13. The Morgan fingerprint density at radius 3 is 2.17 bits per heavy atom. The Kier molecular flexibility index (Phi) is 9.35. The van der Waals surface area contributed by atoms with Crippen LogP contribution in [0.4, 0.5) is 5.69 Å². The molecule has 2 atom stereocenters. The second-order valence-corrected chi connectivity index (χ2v) is 9.45. The molecule has 0 amide bonds. The van der Waals surface area contributed by atoms with Crippen LogP contribution in [0.2, 0.25) is 0 Å². The first-order chi connectivity index (χ1) is 13.5. The van der Waals surface area contributed by atoms with Gasteiger partial charge in [-0.15, -0.1) is 0 Å². The number of nitro benzene ring substituents is 1. The number of non-ortho nitro benzene ring substituents is 1. The molecule has 0 aliphatic rings. The molecule has 11 heteroatoms. The Labute approximate surface area is 170 Å². The highest BCUT2D eigenvalue weighted by molar-refractivity contribution is 7.59. The second kappa shape index (κ2) is 10.8. The Morgan fingerprint density at radius 2 is 1.72 bits per heavy atom. The van der Waals surface area contributed by atoms with Gasteiger partial charge in [-0.25, -0.2) is 0 Å². The maximum atomic E-state index is 13.5. The van der Waals surface area contributed by atoms with Gasteiger partial charge in [-0.2, -0.15) is 0 Å². The van der Waals surface area contributed by atoms with Gasteiger partial charge in [0.2, 0.25) is 13.9 Å². The summed E-state index contributed by atoms with van der Waals surface area (Å²) in [5, 5.41) is 22.4. The van der Waals surface area contributed by atoms with Crippen molar-refractivity contribution in [2.24, 2.45) is 0 Å². The standard InChI is InChI=1S/C18H29N2O8P/c1-6-26-18(5,27-7-2)28-29(25,8-3)13-15(12-19(21)22)17-11-16(20(23)24)10-9-14(17)4/h9-11,15H,6-8,12-13H2,1-5H3. The molecule has 0 saturated carbocycles. The molecule has 10 nitrogen and oxygen atoms in total. The lowest BCUT2D eigenvalue weighted by Crippen LogP contribution is -2.36. The lowest BCUT2D eigenvalue weighted by Gasteiger charge is -2.33. The average Bonchev–Trinajstić information content (AvgIpc) is 2.61. The van der Waals surface area contributed by atoms with E-state index in [-0.39, 0.29) is 31.2 Å². The molecule has 0 aliphatic carbocycles. The normalized spacial score (nSPS) is 14.9. The Morgan fingerprint density at radius 1 is 1.14 bits per heavy atom. The summed E-state index contributed by atoms with van der Waals surface area (Å²) < 4.78 is 30.2. The van der Waals surface area contributed by atoms with Crippen LogP contribution in [0, 0.1) is 27.2 Å². The smallest absolute Gasteiger partial charge is 0.285 e. The number of ether oxygens (including phenoxy) is 2. The number of hydrogen-bond donors (Lipinski definition) is 0. The van der Waals surface area contributed by atoms with Crippen LogP contribution in [-0.2, 0) is 18.6 Å². The van der Waals surface area contributed by atoms with Crippen LogP contribution in [-0.4, -0.2) is 47.9 Å². The van der Waals surface area contributed by atoms with Gasteiger partial charge in [0.05, 0.1) is 10.8 Å². The molecule has 164 valence electrons. The van der Waals surface area contributed by atoms with E-state index < -0.39 is 35.7 Å². The number of hydrogen-bond acceptors (Lipinski definition) is 8. The summed E-state index contributed by atoms with van der Waals surface area (Å²) in [6, 6.07) is 4.16. The summed E-state index contributed by atoms with van der Waals surface area (Å²) in [4.78, 5) is 21.3. The third kappa shape index (κ3) is 7.47. The number of nitrogens with zero attached hydrogens (tertiary/aromatic N) is 2. The first-order valence-corrected chi connectivity index (χ1v) is 11.4. The van der Waals surface area contributed by atoms with Crippen molar-refractivity contribution in [1.29, 1.82) is 0 Å². The largest absolute Gasteiger partial charge is 0.328 e. The highest BCUT2D eigenvalue weighted by Crippen LogP contribution is 2.53. The molecule has 0 spiro atoms. The monoisotopic (exact) mass is 432 g/mol. The maximum absolute atomic E-state index is 13.5. The highest BCUT2D eigenvalue weighted by Gasteiger charge is 2.39. The van der Waals surface area contributed by atoms with Crippen molar-refractivity contribution in [2.75, 3.05) is 32.1 Å². The summed E-state index contributed by atoms with van der Waals surface area (Å²) in [7, 11) is -3.44. The predicted octanol–water partition coefficient (Wildman–Crippen LogP) is 4.32. The molecular formula is C18H29N2O8P. The van der Waals surface area contributed by atoms with Crippen LogP contribution in [0.15, 0.2) is 18.2 Å². The van der Waals surface area contributed by atoms with Gasteiger partial charge >= 0.3 is 0 Å². The molecule has 0 N–H and O–H groups in total. The van der Waals surface area contributed by atoms with Gasteiger partial charge in [-0.3, -0.25) is 29.3 Å². The van der Waals surface area contributed by atoms with Gasteiger partial charge in [0.1, 0.15) is 0 Å². The quantitative estimate of drug-likeness (QED) is 0.195. The number of benzene rings is 1. The fourth-order valence-electron chi connectivity index (χ4n) is 3.10. The van der Waals surface area contributed by atoms with E-state index >= 15 is 0 Å². The zero-order valence-electron chi connectivity index (χ0n) is 17.5. The molecule has 1 aromatic carbocycles. The van der Waals surface area contributed by atoms with E-state index in [2.05, 4.69) is 0 Å². The van der Waals surface area contributed by atoms with E-state index in [4.69, 9.17) is 14.0 Å². The van der Waals surface area contributed by atoms with E-state index in [1.54, 1.807) is 27.7 Å². The SMILES string of the molecule is CCOC(C)(OCC)OP(=O)(CC)CC(C[N+](=O)[O-])c1cc([N+](=O)[O-])ccc1C. The maximum Gasteiger partial charge on any atom is 0.285 e. The van der Waals surface area contributed by atoms with Crippen LogP contribution in [0.25, 0.3) is 0 Å². The van der Waals surface area contributed by atoms with Crippen LogP contribution in [0.5, 0.6) is 0 Å². The molecule has 1 aromatic rings. The van der Waals surface area contributed by atoms with Gasteiger partial charge in [0, 0.05) is 49.5 Å². The van der Waals surface area contributed by atoms with Crippen LogP contribution in [0.1, 0.15) is 44.7 Å². The lowest BCUT2D eigenvalue weighted by molar-refractivity contribution is -0.482. The summed E-state index contributed by atoms with van der Waals surface area (Å²) in [6.07, 6.45) is -0.0623. The van der Waals surface area contributed by atoms with Crippen molar-refractivity contribution in [2.45, 2.75) is 46.5 Å². The van der Waals surface area contributed by atoms with Gasteiger partial charge in [0.25, 0.3) is 11.7 Å². The predicted molar refractivity (Wildman–Crippen MR) is 108 cm³/mol. The first kappa shape index (κ1) is 25.2. The lowest BCUT2D eigenvalue weighted by atomic mass is 9.96. The van der Waals surface area contributed by atoms with Gasteiger partial charge in [0.15, 0.2) is 0 Å². The Hall–Kier alpha value is -1.87. The summed E-state index contributed by atoms with van der Waals surface area (Å²) >= 11 is 0. The van der Waals surface area contributed by atoms with Gasteiger partial charge in [-0.05, 0) is 31.9 Å². The number of nitro groups is 2. The molecule has 2 unspecified atom stereocenters. The summed E-state index contributed by atoms with van der Waals surface area (Å²) in [5.74, 6) is -2.38. The van der Waals surface area contributed by atoms with E-state index in [1.807, 2.05) is 0 Å². The van der Waals surface area contributed by atoms with Crippen molar-refractivity contribution in [3.63, 3.8) is 0 Å². The fraction of sp³-hybridized carbons (Fsp3) is 0.667. The fourth-order valence-corrected chi connectivity index (χ4v) is 5.26. The van der Waals surface area contributed by atoms with Crippen LogP contribution in [0.3, 0.4) is 0 Å². The van der Waals surface area contributed by atoms with Crippen LogP contribution >= 0.6 is 7.37 Å². The van der Waals surface area contributed by atoms with Crippen molar-refractivity contribution >= 4 is 13.1 Å².